The molecule has 2 rings (SSSR count). The Morgan fingerprint density at radius 3 is 2.15 bits per heavy atom. The number of thiophene rings is 1. The van der Waals surface area contributed by atoms with Gasteiger partial charge in [0, 0.05) is 6.07 Å². The number of carbonyl (C=O) groups is 1. The predicted octanol–water partition coefficient (Wildman–Crippen LogP) is 3.48. The van der Waals surface area contributed by atoms with Crippen molar-refractivity contribution in [3.05, 3.63) is 43.6 Å². The fourth-order valence-corrected chi connectivity index (χ4v) is 3.36. The van der Waals surface area contributed by atoms with E-state index in [0.717, 1.165) is 16.9 Å². The van der Waals surface area contributed by atoms with Crippen LogP contribution in [-0.4, -0.2) is 32.2 Å². The second kappa shape index (κ2) is 8.05. The van der Waals surface area contributed by atoms with E-state index in [1.54, 1.807) is 26.0 Å². The van der Waals surface area contributed by atoms with Crippen molar-refractivity contribution in [2.75, 3.05) is 21.3 Å². The van der Waals surface area contributed by atoms with Crippen molar-refractivity contribution in [1.29, 1.82) is 0 Å². The predicted molar refractivity (Wildman–Crippen MR) is 97.7 cm³/mol. The molecule has 26 heavy (non-hydrogen) atoms. The SMILES string of the molecule is COc1cc(C(C)NC(=O)c2cc([N+](=O)[O-])c(C)s2)cc(OC)c1OC. The van der Waals surface area contributed by atoms with Gasteiger partial charge in [-0.15, -0.1) is 11.3 Å². The molecule has 1 heterocycles. The highest BCUT2D eigenvalue weighted by Gasteiger charge is 2.22. The minimum absolute atomic E-state index is 0.0550. The van der Waals surface area contributed by atoms with Gasteiger partial charge in [-0.25, -0.2) is 0 Å². The van der Waals surface area contributed by atoms with Crippen molar-refractivity contribution in [1.82, 2.24) is 5.32 Å². The Labute approximate surface area is 154 Å². The molecule has 1 aromatic carbocycles. The van der Waals surface area contributed by atoms with Crippen molar-refractivity contribution in [2.45, 2.75) is 19.9 Å². The van der Waals surface area contributed by atoms with E-state index in [1.807, 2.05) is 0 Å². The molecule has 0 saturated heterocycles. The Kier molecular flexibility index (Phi) is 6.04. The van der Waals surface area contributed by atoms with Crippen molar-refractivity contribution in [3.63, 3.8) is 0 Å². The van der Waals surface area contributed by atoms with E-state index in [4.69, 9.17) is 14.2 Å². The standard InChI is InChI=1S/C17H20N2O6S/c1-9(11-6-13(23-3)16(25-5)14(7-11)24-4)18-17(20)15-8-12(19(21)22)10(2)26-15/h6-9H,1-5H3,(H,18,20). The number of nitrogens with one attached hydrogen (secondary N) is 1. The van der Waals surface area contributed by atoms with E-state index in [9.17, 15) is 14.9 Å². The summed E-state index contributed by atoms with van der Waals surface area (Å²) in [5.41, 5.74) is 0.691. The molecular formula is C17H20N2O6S. The van der Waals surface area contributed by atoms with Crippen LogP contribution in [0.2, 0.25) is 0 Å². The minimum atomic E-state index is -0.495. The highest BCUT2D eigenvalue weighted by atomic mass is 32.1. The van der Waals surface area contributed by atoms with E-state index in [-0.39, 0.29) is 22.5 Å². The summed E-state index contributed by atoms with van der Waals surface area (Å²) < 4.78 is 15.9. The van der Waals surface area contributed by atoms with Crippen molar-refractivity contribution in [3.8, 4) is 17.2 Å². The molecule has 1 amide bonds. The average molecular weight is 380 g/mol. The van der Waals surface area contributed by atoms with Crippen LogP contribution in [0.5, 0.6) is 17.2 Å². The van der Waals surface area contributed by atoms with Crippen LogP contribution < -0.4 is 19.5 Å². The van der Waals surface area contributed by atoms with Gasteiger partial charge in [-0.3, -0.25) is 14.9 Å². The van der Waals surface area contributed by atoms with Gasteiger partial charge in [-0.1, -0.05) is 0 Å². The van der Waals surface area contributed by atoms with Gasteiger partial charge in [0.15, 0.2) is 11.5 Å². The summed E-state index contributed by atoms with van der Waals surface area (Å²) in [7, 11) is 4.53. The van der Waals surface area contributed by atoms with Gasteiger partial charge in [-0.2, -0.15) is 0 Å². The molecular weight excluding hydrogens is 360 g/mol. The van der Waals surface area contributed by atoms with Crippen LogP contribution in [0.3, 0.4) is 0 Å². The molecule has 2 aromatic rings. The normalized spacial score (nSPS) is 11.6. The molecule has 0 radical (unpaired) electrons. The van der Waals surface area contributed by atoms with Crippen LogP contribution in [0.4, 0.5) is 5.69 Å². The third-order valence-electron chi connectivity index (χ3n) is 3.85. The number of nitrogens with zero attached hydrogens (tertiary/aromatic N) is 1. The van der Waals surface area contributed by atoms with E-state index in [2.05, 4.69) is 5.32 Å². The van der Waals surface area contributed by atoms with Gasteiger partial charge < -0.3 is 19.5 Å². The van der Waals surface area contributed by atoms with E-state index in [0.29, 0.717) is 22.1 Å². The molecule has 0 fully saturated rings. The van der Waals surface area contributed by atoms with Crippen LogP contribution in [0.1, 0.15) is 33.1 Å². The van der Waals surface area contributed by atoms with Gasteiger partial charge >= 0.3 is 0 Å². The molecule has 9 heteroatoms. The summed E-state index contributed by atoms with van der Waals surface area (Å²) in [6.45, 7) is 3.41. The third kappa shape index (κ3) is 3.88. The largest absolute Gasteiger partial charge is 0.493 e. The molecule has 0 saturated carbocycles. The van der Waals surface area contributed by atoms with Crippen molar-refractivity contribution in [2.24, 2.45) is 0 Å². The number of benzene rings is 1. The number of amides is 1. The highest BCUT2D eigenvalue weighted by molar-refractivity contribution is 7.14. The van der Waals surface area contributed by atoms with Crippen molar-refractivity contribution >= 4 is 22.9 Å². The van der Waals surface area contributed by atoms with Crippen molar-refractivity contribution < 1.29 is 23.9 Å². The van der Waals surface area contributed by atoms with E-state index >= 15 is 0 Å². The first kappa shape index (κ1) is 19.5. The number of carbonyl (C=O) groups excluding carboxylic acids is 1. The molecule has 1 N–H and O–H groups in total. The van der Waals surface area contributed by atoms with Crippen LogP contribution in [0.15, 0.2) is 18.2 Å². The Bertz CT molecular complexity index is 808. The van der Waals surface area contributed by atoms with Crippen LogP contribution in [-0.2, 0) is 0 Å². The maximum absolute atomic E-state index is 12.4. The molecule has 1 aromatic heterocycles. The summed E-state index contributed by atoms with van der Waals surface area (Å²) in [6.07, 6.45) is 0. The number of methoxy groups -OCH3 is 3. The second-order valence-electron chi connectivity index (χ2n) is 5.46. The molecule has 8 nitrogen and oxygen atoms in total. The number of ether oxygens (including phenoxy) is 3. The fourth-order valence-electron chi connectivity index (χ4n) is 2.47. The quantitative estimate of drug-likeness (QED) is 0.583. The molecule has 0 aliphatic heterocycles. The smallest absolute Gasteiger partial charge is 0.283 e. The first-order valence-corrected chi connectivity index (χ1v) is 8.49. The van der Waals surface area contributed by atoms with Gasteiger partial charge in [0.05, 0.1) is 42.0 Å². The average Bonchev–Trinajstić information content (AvgIpc) is 3.02. The molecule has 140 valence electrons. The Balaban J connectivity index is 2.26. The summed E-state index contributed by atoms with van der Waals surface area (Å²) in [4.78, 5) is 23.7. The molecule has 0 bridgehead atoms. The summed E-state index contributed by atoms with van der Waals surface area (Å²) in [6, 6.07) is 4.40. The summed E-state index contributed by atoms with van der Waals surface area (Å²) in [5, 5.41) is 13.8. The number of aryl methyl sites for hydroxylation is 1. The number of nitro groups is 1. The first-order chi connectivity index (χ1) is 12.3. The molecule has 0 aliphatic rings. The molecule has 1 unspecified atom stereocenters. The van der Waals surface area contributed by atoms with Gasteiger partial charge in [0.2, 0.25) is 5.75 Å². The number of hydrogen-bond donors (Lipinski definition) is 1. The minimum Gasteiger partial charge on any atom is -0.493 e. The lowest BCUT2D eigenvalue weighted by molar-refractivity contribution is -0.385. The summed E-state index contributed by atoms with van der Waals surface area (Å²) in [5.74, 6) is 1.03. The zero-order valence-corrected chi connectivity index (χ0v) is 15.9. The Morgan fingerprint density at radius 2 is 1.73 bits per heavy atom. The monoisotopic (exact) mass is 380 g/mol. The number of hydrogen-bond acceptors (Lipinski definition) is 7. The molecule has 1 atom stereocenters. The molecule has 0 spiro atoms. The second-order valence-corrected chi connectivity index (χ2v) is 6.72. The molecule has 0 aliphatic carbocycles. The van der Waals surface area contributed by atoms with Crippen LogP contribution in [0.25, 0.3) is 0 Å². The Hall–Kier alpha value is -2.81. The van der Waals surface area contributed by atoms with Crippen LogP contribution >= 0.6 is 11.3 Å². The fraction of sp³-hybridized carbons (Fsp3) is 0.353. The lowest BCUT2D eigenvalue weighted by Gasteiger charge is -2.18. The van der Waals surface area contributed by atoms with Crippen LogP contribution in [0, 0.1) is 17.0 Å². The van der Waals surface area contributed by atoms with Gasteiger partial charge in [0.1, 0.15) is 0 Å². The maximum atomic E-state index is 12.4. The van der Waals surface area contributed by atoms with Gasteiger partial charge in [0.25, 0.3) is 11.6 Å². The lowest BCUT2D eigenvalue weighted by Crippen LogP contribution is -2.26. The lowest BCUT2D eigenvalue weighted by atomic mass is 10.1. The van der Waals surface area contributed by atoms with Gasteiger partial charge in [-0.05, 0) is 31.5 Å². The Morgan fingerprint density at radius 1 is 1.15 bits per heavy atom. The first-order valence-electron chi connectivity index (χ1n) is 7.67. The maximum Gasteiger partial charge on any atom is 0.283 e. The number of rotatable bonds is 7. The summed E-state index contributed by atoms with van der Waals surface area (Å²) >= 11 is 1.09. The zero-order chi connectivity index (χ0) is 19.4. The van der Waals surface area contributed by atoms with E-state index in [1.165, 1.54) is 27.4 Å². The topological polar surface area (TPSA) is 99.9 Å². The highest BCUT2D eigenvalue weighted by Crippen LogP contribution is 2.39. The van der Waals surface area contributed by atoms with E-state index < -0.39 is 4.92 Å². The third-order valence-corrected chi connectivity index (χ3v) is 4.89. The zero-order valence-electron chi connectivity index (χ0n) is 15.1.